The summed E-state index contributed by atoms with van der Waals surface area (Å²) in [6, 6.07) is -2.50. The van der Waals surface area contributed by atoms with Crippen molar-refractivity contribution in [3.05, 3.63) is 0 Å². The molecule has 3 atom stereocenters. The van der Waals surface area contributed by atoms with Crippen LogP contribution in [-0.4, -0.2) is 64.3 Å². The minimum atomic E-state index is -1.17. The number of aliphatic carboxylic acids is 1. The number of aliphatic hydroxyl groups excluding tert-OH is 1. The van der Waals surface area contributed by atoms with E-state index in [0.29, 0.717) is 12.5 Å². The van der Waals surface area contributed by atoms with E-state index in [1.165, 1.54) is 6.92 Å². The second-order valence-electron chi connectivity index (χ2n) is 5.71. The first-order valence-corrected chi connectivity index (χ1v) is 6.98. The molecule has 21 heavy (non-hydrogen) atoms. The Balaban J connectivity index is 2.55. The van der Waals surface area contributed by atoms with E-state index in [9.17, 15) is 19.5 Å². The van der Waals surface area contributed by atoms with Crippen LogP contribution in [0.2, 0.25) is 0 Å². The Morgan fingerprint density at radius 2 is 1.90 bits per heavy atom. The highest BCUT2D eigenvalue weighted by Crippen LogP contribution is 2.18. The van der Waals surface area contributed by atoms with Crippen molar-refractivity contribution in [1.82, 2.24) is 15.5 Å². The molecule has 0 bridgehead atoms. The molecular formula is C13H23N3O5. The van der Waals surface area contributed by atoms with Crippen LogP contribution in [0.15, 0.2) is 0 Å². The minimum absolute atomic E-state index is 0.00329. The topological polar surface area (TPSA) is 119 Å². The first kappa shape index (κ1) is 17.2. The number of likely N-dealkylation sites (tertiary alicyclic amines) is 1. The number of nitrogens with one attached hydrogen (secondary N) is 2. The molecule has 0 aromatic rings. The molecule has 1 aliphatic rings. The van der Waals surface area contributed by atoms with Crippen LogP contribution in [0.25, 0.3) is 0 Å². The molecule has 1 aliphatic heterocycles. The van der Waals surface area contributed by atoms with Crippen LogP contribution in [0.5, 0.6) is 0 Å². The average Bonchev–Trinajstić information content (AvgIpc) is 2.78. The molecule has 0 aliphatic carbocycles. The number of carboxylic acid groups (broad SMARTS) is 1. The van der Waals surface area contributed by atoms with Gasteiger partial charge in [0.15, 0.2) is 0 Å². The van der Waals surface area contributed by atoms with Gasteiger partial charge in [0, 0.05) is 19.5 Å². The predicted molar refractivity (Wildman–Crippen MR) is 74.6 cm³/mol. The van der Waals surface area contributed by atoms with Crippen molar-refractivity contribution in [3.8, 4) is 0 Å². The smallest absolute Gasteiger partial charge is 0.326 e. The van der Waals surface area contributed by atoms with E-state index >= 15 is 0 Å². The van der Waals surface area contributed by atoms with E-state index in [2.05, 4.69) is 10.6 Å². The van der Waals surface area contributed by atoms with Gasteiger partial charge in [-0.15, -0.1) is 0 Å². The van der Waals surface area contributed by atoms with Crippen LogP contribution in [0.1, 0.15) is 27.2 Å². The summed E-state index contributed by atoms with van der Waals surface area (Å²) in [5.41, 5.74) is 0. The molecule has 8 nitrogen and oxygen atoms in total. The highest BCUT2D eigenvalue weighted by molar-refractivity contribution is 5.88. The van der Waals surface area contributed by atoms with Gasteiger partial charge in [-0.1, -0.05) is 13.8 Å². The van der Waals surface area contributed by atoms with E-state index in [4.69, 9.17) is 5.11 Å². The average molecular weight is 301 g/mol. The first-order valence-electron chi connectivity index (χ1n) is 6.98. The van der Waals surface area contributed by atoms with E-state index in [1.54, 1.807) is 0 Å². The fourth-order valence-corrected chi connectivity index (χ4v) is 2.06. The van der Waals surface area contributed by atoms with Gasteiger partial charge < -0.3 is 25.7 Å². The van der Waals surface area contributed by atoms with Gasteiger partial charge in [0.2, 0.25) is 5.91 Å². The Morgan fingerprint density at radius 1 is 1.29 bits per heavy atom. The Kier molecular flexibility index (Phi) is 5.95. The predicted octanol–water partition coefficient (Wildman–Crippen LogP) is -0.623. The van der Waals surface area contributed by atoms with E-state index in [0.717, 1.165) is 4.90 Å². The normalized spacial score (nSPS) is 23.0. The Morgan fingerprint density at radius 3 is 2.43 bits per heavy atom. The maximum atomic E-state index is 12.0. The second kappa shape index (κ2) is 7.26. The van der Waals surface area contributed by atoms with Crippen molar-refractivity contribution in [2.75, 3.05) is 13.1 Å². The molecule has 120 valence electrons. The number of aliphatic hydroxyl groups is 1. The summed E-state index contributed by atoms with van der Waals surface area (Å²) in [4.78, 5) is 35.9. The van der Waals surface area contributed by atoms with Crippen LogP contribution in [-0.2, 0) is 9.59 Å². The lowest BCUT2D eigenvalue weighted by molar-refractivity contribution is -0.141. The molecule has 0 saturated carbocycles. The summed E-state index contributed by atoms with van der Waals surface area (Å²) in [6.45, 7) is 5.87. The van der Waals surface area contributed by atoms with Gasteiger partial charge in [-0.3, -0.25) is 4.79 Å². The molecule has 0 radical (unpaired) electrons. The monoisotopic (exact) mass is 301 g/mol. The highest BCUT2D eigenvalue weighted by Gasteiger charge is 2.39. The molecule has 3 amide bonds. The van der Waals surface area contributed by atoms with Crippen LogP contribution < -0.4 is 10.6 Å². The molecule has 8 heteroatoms. The lowest BCUT2D eigenvalue weighted by atomic mass is 10.2. The lowest BCUT2D eigenvalue weighted by Crippen LogP contribution is -2.52. The molecule has 1 fully saturated rings. The van der Waals surface area contributed by atoms with Crippen molar-refractivity contribution in [3.63, 3.8) is 0 Å². The summed E-state index contributed by atoms with van der Waals surface area (Å²) >= 11 is 0. The van der Waals surface area contributed by atoms with Gasteiger partial charge in [-0.2, -0.15) is 0 Å². The summed E-state index contributed by atoms with van der Waals surface area (Å²) in [6.07, 6.45) is -0.863. The lowest BCUT2D eigenvalue weighted by Gasteiger charge is -2.24. The third-order valence-corrected chi connectivity index (χ3v) is 3.24. The maximum Gasteiger partial charge on any atom is 0.326 e. The van der Waals surface area contributed by atoms with Gasteiger partial charge >= 0.3 is 12.0 Å². The molecule has 1 saturated heterocycles. The van der Waals surface area contributed by atoms with Crippen molar-refractivity contribution in [2.45, 2.75) is 45.4 Å². The van der Waals surface area contributed by atoms with Gasteiger partial charge in [-0.05, 0) is 12.8 Å². The number of carboxylic acids is 1. The van der Waals surface area contributed by atoms with E-state index in [1.807, 2.05) is 13.8 Å². The zero-order valence-corrected chi connectivity index (χ0v) is 12.5. The largest absolute Gasteiger partial charge is 0.480 e. The third kappa shape index (κ3) is 4.89. The zero-order valence-electron chi connectivity index (χ0n) is 12.5. The molecule has 4 N–H and O–H groups in total. The Bertz CT molecular complexity index is 413. The summed E-state index contributed by atoms with van der Waals surface area (Å²) in [5.74, 6) is -1.20. The summed E-state index contributed by atoms with van der Waals surface area (Å²) in [7, 11) is 0. The van der Waals surface area contributed by atoms with E-state index < -0.39 is 30.2 Å². The SMILES string of the molecule is CC(C)CNC(=O)C(C)NC(=O)N1C[C@H](O)C[C@@H]1C(=O)O. The van der Waals surface area contributed by atoms with Crippen LogP contribution in [0, 0.1) is 5.92 Å². The van der Waals surface area contributed by atoms with Gasteiger partial charge in [-0.25, -0.2) is 9.59 Å². The third-order valence-electron chi connectivity index (χ3n) is 3.24. The molecular weight excluding hydrogens is 278 g/mol. The Hall–Kier alpha value is -1.83. The number of hydrogen-bond donors (Lipinski definition) is 4. The first-order chi connectivity index (χ1) is 9.72. The summed E-state index contributed by atoms with van der Waals surface area (Å²) in [5, 5.41) is 23.7. The fraction of sp³-hybridized carbons (Fsp3) is 0.769. The number of carbonyl (C=O) groups is 3. The van der Waals surface area contributed by atoms with Crippen molar-refractivity contribution in [2.24, 2.45) is 5.92 Å². The number of urea groups is 1. The Labute approximate surface area is 123 Å². The quantitative estimate of drug-likeness (QED) is 0.539. The number of nitrogens with zero attached hydrogens (tertiary/aromatic N) is 1. The van der Waals surface area contributed by atoms with Crippen molar-refractivity contribution < 1.29 is 24.6 Å². The van der Waals surface area contributed by atoms with Crippen molar-refractivity contribution >= 4 is 17.9 Å². The molecule has 0 aromatic heterocycles. The molecule has 1 unspecified atom stereocenters. The van der Waals surface area contributed by atoms with Gasteiger partial charge in [0.25, 0.3) is 0 Å². The number of β-amino-alcohol motifs (C(OH)–C–C–N with tert-alkyl or cyclic N) is 1. The number of hydrogen-bond acceptors (Lipinski definition) is 4. The van der Waals surface area contributed by atoms with E-state index in [-0.39, 0.29) is 18.9 Å². The van der Waals surface area contributed by atoms with Crippen LogP contribution >= 0.6 is 0 Å². The maximum absolute atomic E-state index is 12.0. The second-order valence-corrected chi connectivity index (χ2v) is 5.71. The number of rotatable bonds is 5. The fourth-order valence-electron chi connectivity index (χ4n) is 2.06. The van der Waals surface area contributed by atoms with Crippen LogP contribution in [0.3, 0.4) is 0 Å². The summed E-state index contributed by atoms with van der Waals surface area (Å²) < 4.78 is 0. The number of carbonyl (C=O) groups excluding carboxylic acids is 2. The van der Waals surface area contributed by atoms with Gasteiger partial charge in [0.1, 0.15) is 12.1 Å². The molecule has 0 aromatic carbocycles. The standard InChI is InChI=1S/C13H23N3O5/c1-7(2)5-14-11(18)8(3)15-13(21)16-6-9(17)4-10(16)12(19)20/h7-10,17H,4-6H2,1-3H3,(H,14,18)(H,15,21)(H,19,20)/t8?,9-,10-/m1/s1. The van der Waals surface area contributed by atoms with Crippen molar-refractivity contribution in [1.29, 1.82) is 0 Å². The minimum Gasteiger partial charge on any atom is -0.480 e. The van der Waals surface area contributed by atoms with Gasteiger partial charge in [0.05, 0.1) is 6.10 Å². The molecule has 0 spiro atoms. The highest BCUT2D eigenvalue weighted by atomic mass is 16.4. The molecule has 1 heterocycles. The van der Waals surface area contributed by atoms with Crippen LogP contribution in [0.4, 0.5) is 4.79 Å². The molecule has 1 rings (SSSR count). The number of amides is 3. The zero-order chi connectivity index (χ0) is 16.2.